The molecular weight excluding hydrogens is 290 g/mol. The smallest absolute Gasteiger partial charge is 0.311 e. The molecule has 0 saturated carbocycles. The zero-order valence-electron chi connectivity index (χ0n) is 13.9. The lowest BCUT2D eigenvalue weighted by Gasteiger charge is -2.19. The molecular formula is C18H23N3O2. The minimum absolute atomic E-state index is 0.0234. The Labute approximate surface area is 136 Å². The van der Waals surface area contributed by atoms with E-state index in [0.717, 1.165) is 18.5 Å². The molecule has 0 fully saturated rings. The molecule has 0 aliphatic rings. The summed E-state index contributed by atoms with van der Waals surface area (Å²) in [5.74, 6) is 0.357. The molecule has 0 unspecified atom stereocenters. The normalized spacial score (nSPS) is 11.3. The highest BCUT2D eigenvalue weighted by molar-refractivity contribution is 5.56. The standard InChI is InChI=1S/C18H23N3O2/c1-18(2,3)13-19-17-16(21(22)23)12-11-15(20-17)10-9-14-7-5-4-6-8-14/h4-8,11-12H,9-10,13H2,1-3H3,(H,19,20). The summed E-state index contributed by atoms with van der Waals surface area (Å²) < 4.78 is 0. The average Bonchev–Trinajstić information content (AvgIpc) is 2.51. The van der Waals surface area contributed by atoms with Gasteiger partial charge in [0.05, 0.1) is 4.92 Å². The van der Waals surface area contributed by atoms with E-state index in [4.69, 9.17) is 0 Å². The van der Waals surface area contributed by atoms with Crippen molar-refractivity contribution in [2.45, 2.75) is 33.6 Å². The molecule has 0 amide bonds. The van der Waals surface area contributed by atoms with Crippen LogP contribution in [-0.4, -0.2) is 16.5 Å². The van der Waals surface area contributed by atoms with E-state index in [1.165, 1.54) is 5.56 Å². The van der Waals surface area contributed by atoms with Gasteiger partial charge in [0, 0.05) is 18.3 Å². The van der Waals surface area contributed by atoms with Crippen LogP contribution in [0.25, 0.3) is 0 Å². The zero-order chi connectivity index (χ0) is 16.9. The first-order valence-corrected chi connectivity index (χ1v) is 7.77. The van der Waals surface area contributed by atoms with Gasteiger partial charge in [0.2, 0.25) is 5.82 Å². The van der Waals surface area contributed by atoms with Crippen molar-refractivity contribution < 1.29 is 4.92 Å². The van der Waals surface area contributed by atoms with E-state index in [0.29, 0.717) is 12.4 Å². The van der Waals surface area contributed by atoms with Gasteiger partial charge in [-0.3, -0.25) is 10.1 Å². The SMILES string of the molecule is CC(C)(C)CNc1nc(CCc2ccccc2)ccc1[N+](=O)[O-]. The molecule has 2 rings (SSSR count). The Balaban J connectivity index is 2.13. The number of rotatable bonds is 6. The summed E-state index contributed by atoms with van der Waals surface area (Å²) in [5.41, 5.74) is 2.14. The highest BCUT2D eigenvalue weighted by Gasteiger charge is 2.18. The lowest BCUT2D eigenvalue weighted by atomic mass is 9.97. The molecule has 0 saturated heterocycles. The zero-order valence-corrected chi connectivity index (χ0v) is 13.9. The van der Waals surface area contributed by atoms with Crippen molar-refractivity contribution in [3.8, 4) is 0 Å². The van der Waals surface area contributed by atoms with Gasteiger partial charge in [-0.1, -0.05) is 51.1 Å². The third-order valence-corrected chi connectivity index (χ3v) is 3.43. The maximum Gasteiger partial charge on any atom is 0.311 e. The predicted molar refractivity (Wildman–Crippen MR) is 92.7 cm³/mol. The fourth-order valence-electron chi connectivity index (χ4n) is 2.17. The number of nitrogens with zero attached hydrogens (tertiary/aromatic N) is 2. The van der Waals surface area contributed by atoms with Crippen LogP contribution in [0.1, 0.15) is 32.0 Å². The first-order chi connectivity index (χ1) is 10.8. The second-order valence-electron chi connectivity index (χ2n) is 6.83. The average molecular weight is 313 g/mol. The van der Waals surface area contributed by atoms with E-state index >= 15 is 0 Å². The van der Waals surface area contributed by atoms with Crippen LogP contribution < -0.4 is 5.32 Å². The Bertz CT molecular complexity index is 664. The summed E-state index contributed by atoms with van der Waals surface area (Å²) in [7, 11) is 0. The predicted octanol–water partition coefficient (Wildman–Crippen LogP) is 4.23. The van der Waals surface area contributed by atoms with Gasteiger partial charge in [0.1, 0.15) is 0 Å². The molecule has 0 atom stereocenters. The first-order valence-electron chi connectivity index (χ1n) is 7.77. The largest absolute Gasteiger partial charge is 0.364 e. The Morgan fingerprint density at radius 1 is 1.09 bits per heavy atom. The number of aromatic nitrogens is 1. The van der Waals surface area contributed by atoms with Gasteiger partial charge < -0.3 is 5.32 Å². The van der Waals surface area contributed by atoms with Gasteiger partial charge >= 0.3 is 5.69 Å². The number of pyridine rings is 1. The third kappa shape index (κ3) is 5.36. The molecule has 0 aliphatic carbocycles. The maximum absolute atomic E-state index is 11.2. The molecule has 122 valence electrons. The van der Waals surface area contributed by atoms with E-state index in [-0.39, 0.29) is 16.0 Å². The van der Waals surface area contributed by atoms with Crippen molar-refractivity contribution in [3.63, 3.8) is 0 Å². The Kier molecular flexibility index (Phi) is 5.32. The van der Waals surface area contributed by atoms with Gasteiger partial charge in [0.15, 0.2) is 0 Å². The van der Waals surface area contributed by atoms with Gasteiger partial charge in [0.25, 0.3) is 0 Å². The molecule has 0 radical (unpaired) electrons. The molecule has 5 heteroatoms. The summed E-state index contributed by atoms with van der Waals surface area (Å²) >= 11 is 0. The van der Waals surface area contributed by atoms with Crippen LogP contribution in [0.3, 0.4) is 0 Å². The monoisotopic (exact) mass is 313 g/mol. The number of nitro groups is 1. The molecule has 1 aromatic heterocycles. The number of nitrogens with one attached hydrogen (secondary N) is 1. The topological polar surface area (TPSA) is 68.1 Å². The van der Waals surface area contributed by atoms with E-state index in [9.17, 15) is 10.1 Å². The molecule has 1 heterocycles. The summed E-state index contributed by atoms with van der Waals surface area (Å²) in [6, 6.07) is 13.4. The minimum atomic E-state index is -0.390. The fourth-order valence-corrected chi connectivity index (χ4v) is 2.17. The second-order valence-corrected chi connectivity index (χ2v) is 6.83. The van der Waals surface area contributed by atoms with Crippen molar-refractivity contribution in [2.24, 2.45) is 5.41 Å². The molecule has 23 heavy (non-hydrogen) atoms. The van der Waals surface area contributed by atoms with Gasteiger partial charge in [-0.25, -0.2) is 4.98 Å². The van der Waals surface area contributed by atoms with Crippen molar-refractivity contribution >= 4 is 11.5 Å². The Morgan fingerprint density at radius 3 is 2.39 bits per heavy atom. The van der Waals surface area contributed by atoms with Crippen LogP contribution in [0, 0.1) is 15.5 Å². The van der Waals surface area contributed by atoms with Crippen molar-refractivity contribution in [1.82, 2.24) is 4.98 Å². The highest BCUT2D eigenvalue weighted by Crippen LogP contribution is 2.24. The molecule has 2 aromatic rings. The third-order valence-electron chi connectivity index (χ3n) is 3.43. The molecule has 0 aliphatic heterocycles. The van der Waals surface area contributed by atoms with Gasteiger partial charge in [-0.05, 0) is 29.9 Å². The van der Waals surface area contributed by atoms with Crippen molar-refractivity contribution in [2.75, 3.05) is 11.9 Å². The van der Waals surface area contributed by atoms with Gasteiger partial charge in [-0.15, -0.1) is 0 Å². The molecule has 0 spiro atoms. The van der Waals surface area contributed by atoms with Crippen LogP contribution in [0.5, 0.6) is 0 Å². The van der Waals surface area contributed by atoms with Crippen LogP contribution in [0.2, 0.25) is 0 Å². The second kappa shape index (κ2) is 7.22. The summed E-state index contributed by atoms with van der Waals surface area (Å²) in [5, 5.41) is 14.3. The molecule has 1 N–H and O–H groups in total. The summed E-state index contributed by atoms with van der Waals surface area (Å²) in [6.45, 7) is 6.85. The van der Waals surface area contributed by atoms with Crippen molar-refractivity contribution in [1.29, 1.82) is 0 Å². The number of hydrogen-bond donors (Lipinski definition) is 1. The summed E-state index contributed by atoms with van der Waals surface area (Å²) in [4.78, 5) is 15.2. The van der Waals surface area contributed by atoms with E-state index in [1.54, 1.807) is 12.1 Å². The van der Waals surface area contributed by atoms with Crippen LogP contribution in [0.15, 0.2) is 42.5 Å². The fraction of sp³-hybridized carbons (Fsp3) is 0.389. The van der Waals surface area contributed by atoms with Crippen LogP contribution in [0.4, 0.5) is 11.5 Å². The van der Waals surface area contributed by atoms with Crippen LogP contribution >= 0.6 is 0 Å². The molecule has 5 nitrogen and oxygen atoms in total. The number of aryl methyl sites for hydroxylation is 2. The Hall–Kier alpha value is -2.43. The lowest BCUT2D eigenvalue weighted by molar-refractivity contribution is -0.384. The Morgan fingerprint density at radius 2 is 1.78 bits per heavy atom. The van der Waals surface area contributed by atoms with Crippen LogP contribution in [-0.2, 0) is 12.8 Å². The maximum atomic E-state index is 11.2. The molecule has 0 bridgehead atoms. The quantitative estimate of drug-likeness (QED) is 0.640. The number of hydrogen-bond acceptors (Lipinski definition) is 4. The first kappa shape index (κ1) is 16.9. The van der Waals surface area contributed by atoms with Gasteiger partial charge in [-0.2, -0.15) is 0 Å². The highest BCUT2D eigenvalue weighted by atomic mass is 16.6. The van der Waals surface area contributed by atoms with E-state index < -0.39 is 0 Å². The lowest BCUT2D eigenvalue weighted by Crippen LogP contribution is -2.20. The molecule has 1 aromatic carbocycles. The summed E-state index contributed by atoms with van der Waals surface area (Å²) in [6.07, 6.45) is 1.62. The van der Waals surface area contributed by atoms with E-state index in [2.05, 4.69) is 43.2 Å². The minimum Gasteiger partial charge on any atom is -0.364 e. The van der Waals surface area contributed by atoms with E-state index in [1.807, 2.05) is 18.2 Å². The van der Waals surface area contributed by atoms with Crippen molar-refractivity contribution in [3.05, 3.63) is 63.8 Å². The number of anilines is 1. The number of benzene rings is 1.